The van der Waals surface area contributed by atoms with Crippen LogP contribution in [0.5, 0.6) is 11.5 Å². The number of hydrogen-bond donors (Lipinski definition) is 2. The smallest absolute Gasteiger partial charge is 0.225 e. The van der Waals surface area contributed by atoms with Gasteiger partial charge < -0.3 is 19.6 Å². The minimum Gasteiger partial charge on any atom is -0.504 e. The Hall–Kier alpha value is -2.95. The number of nitrogens with one attached hydrogen (secondary N) is 1. The summed E-state index contributed by atoms with van der Waals surface area (Å²) in [6.07, 6.45) is 0.276. The molecule has 116 valence electrons. The Morgan fingerprint density at radius 2 is 2.09 bits per heavy atom. The number of para-hydroxylation sites is 1. The number of benzene rings is 2. The Balaban J connectivity index is 1.86. The van der Waals surface area contributed by atoms with Crippen LogP contribution in [0.1, 0.15) is 23.7 Å². The summed E-state index contributed by atoms with van der Waals surface area (Å²) in [5, 5.41) is 13.9. The summed E-state index contributed by atoms with van der Waals surface area (Å²) in [6, 6.07) is 12.9. The average Bonchev–Trinajstić information content (AvgIpc) is 2.98. The van der Waals surface area contributed by atoms with E-state index in [1.807, 2.05) is 30.3 Å². The molecule has 2 N–H and O–H groups in total. The first-order valence-electron chi connectivity index (χ1n) is 7.35. The van der Waals surface area contributed by atoms with E-state index in [0.717, 1.165) is 16.5 Å². The lowest BCUT2D eigenvalue weighted by molar-refractivity contribution is -0.116. The van der Waals surface area contributed by atoms with Crippen LogP contribution in [0, 0.1) is 0 Å². The lowest BCUT2D eigenvalue weighted by Crippen LogP contribution is -2.23. The largest absolute Gasteiger partial charge is 0.504 e. The molecule has 5 nitrogen and oxygen atoms in total. The van der Waals surface area contributed by atoms with Crippen molar-refractivity contribution in [2.45, 2.75) is 12.3 Å². The first-order chi connectivity index (χ1) is 11.2. The van der Waals surface area contributed by atoms with Crippen molar-refractivity contribution in [3.8, 4) is 11.5 Å². The Bertz CT molecular complexity index is 880. The Morgan fingerprint density at radius 1 is 1.26 bits per heavy atom. The van der Waals surface area contributed by atoms with Gasteiger partial charge in [-0.25, -0.2) is 0 Å². The fourth-order valence-corrected chi connectivity index (χ4v) is 3.07. The zero-order valence-corrected chi connectivity index (χ0v) is 12.5. The summed E-state index contributed by atoms with van der Waals surface area (Å²) >= 11 is 0. The van der Waals surface area contributed by atoms with Gasteiger partial charge in [0, 0.05) is 23.6 Å². The third-order valence-corrected chi connectivity index (χ3v) is 4.18. The number of anilines is 1. The van der Waals surface area contributed by atoms with E-state index in [-0.39, 0.29) is 24.0 Å². The van der Waals surface area contributed by atoms with Crippen LogP contribution in [0.25, 0.3) is 11.0 Å². The molecule has 0 fully saturated rings. The van der Waals surface area contributed by atoms with Gasteiger partial charge in [0.15, 0.2) is 11.5 Å². The zero-order valence-electron chi connectivity index (χ0n) is 12.5. The zero-order chi connectivity index (χ0) is 16.0. The van der Waals surface area contributed by atoms with E-state index in [0.29, 0.717) is 17.2 Å². The third kappa shape index (κ3) is 2.21. The molecule has 1 atom stereocenters. The number of aromatic hydroxyl groups is 1. The highest BCUT2D eigenvalue weighted by Gasteiger charge is 2.30. The number of carbonyl (C=O) groups excluding carboxylic acids is 1. The molecule has 1 unspecified atom stereocenters. The molecule has 0 saturated heterocycles. The maximum Gasteiger partial charge on any atom is 0.225 e. The first-order valence-corrected chi connectivity index (χ1v) is 7.35. The highest BCUT2D eigenvalue weighted by molar-refractivity contribution is 5.96. The minimum atomic E-state index is -0.233. The fourth-order valence-electron chi connectivity index (χ4n) is 3.07. The van der Waals surface area contributed by atoms with Gasteiger partial charge >= 0.3 is 0 Å². The van der Waals surface area contributed by atoms with Gasteiger partial charge in [0.25, 0.3) is 0 Å². The Kier molecular flexibility index (Phi) is 3.01. The molecule has 1 amide bonds. The van der Waals surface area contributed by atoms with Gasteiger partial charge in [-0.2, -0.15) is 0 Å². The van der Waals surface area contributed by atoms with Crippen molar-refractivity contribution in [2.75, 3.05) is 12.4 Å². The molecular formula is C18H15NO4. The van der Waals surface area contributed by atoms with E-state index in [2.05, 4.69) is 5.32 Å². The summed E-state index contributed by atoms with van der Waals surface area (Å²) in [4.78, 5) is 12.1. The highest BCUT2D eigenvalue weighted by Crippen LogP contribution is 2.43. The molecule has 1 aliphatic heterocycles. The molecule has 2 heterocycles. The second kappa shape index (κ2) is 5.05. The summed E-state index contributed by atoms with van der Waals surface area (Å²) in [6.45, 7) is 0. The van der Waals surface area contributed by atoms with Crippen molar-refractivity contribution < 1.29 is 19.1 Å². The van der Waals surface area contributed by atoms with E-state index >= 15 is 0 Å². The molecule has 23 heavy (non-hydrogen) atoms. The number of phenolic OH excluding ortho intramolecular Hbond substituents is 1. The van der Waals surface area contributed by atoms with Crippen LogP contribution in [-0.2, 0) is 4.79 Å². The van der Waals surface area contributed by atoms with Crippen molar-refractivity contribution in [1.29, 1.82) is 0 Å². The van der Waals surface area contributed by atoms with Crippen LogP contribution < -0.4 is 10.1 Å². The SMILES string of the molecule is COc1cc2c(cc1O)C(c1cc3ccccc3o1)CC(=O)N2. The van der Waals surface area contributed by atoms with Crippen molar-refractivity contribution in [3.05, 3.63) is 53.8 Å². The quantitative estimate of drug-likeness (QED) is 0.709. The van der Waals surface area contributed by atoms with E-state index in [9.17, 15) is 9.90 Å². The number of ether oxygens (including phenoxy) is 1. The molecule has 5 heteroatoms. The lowest BCUT2D eigenvalue weighted by atomic mass is 9.88. The normalized spacial score (nSPS) is 16.9. The van der Waals surface area contributed by atoms with Crippen molar-refractivity contribution >= 4 is 22.6 Å². The molecule has 0 spiro atoms. The number of methoxy groups -OCH3 is 1. The van der Waals surface area contributed by atoms with E-state index in [1.165, 1.54) is 7.11 Å². The average molecular weight is 309 g/mol. The summed E-state index contributed by atoms with van der Waals surface area (Å²) in [5.74, 6) is 0.767. The van der Waals surface area contributed by atoms with Crippen LogP contribution in [0.3, 0.4) is 0 Å². The molecule has 0 aliphatic carbocycles. The monoisotopic (exact) mass is 309 g/mol. The molecule has 2 aromatic carbocycles. The standard InChI is InChI=1S/C18H15NO4/c1-22-17-9-13-11(7-14(17)20)12(8-18(21)19-13)16-6-10-4-2-3-5-15(10)23-16/h2-7,9,12,20H,8H2,1H3,(H,19,21). The van der Waals surface area contributed by atoms with Gasteiger partial charge in [-0.3, -0.25) is 4.79 Å². The van der Waals surface area contributed by atoms with Gasteiger partial charge in [0.05, 0.1) is 13.0 Å². The summed E-state index contributed by atoms with van der Waals surface area (Å²) in [5.41, 5.74) is 2.25. The summed E-state index contributed by atoms with van der Waals surface area (Å²) in [7, 11) is 1.48. The van der Waals surface area contributed by atoms with Crippen LogP contribution in [0.15, 0.2) is 46.9 Å². The molecule has 3 aromatic rings. The Morgan fingerprint density at radius 3 is 2.87 bits per heavy atom. The summed E-state index contributed by atoms with van der Waals surface area (Å²) < 4.78 is 11.0. The fraction of sp³-hybridized carbons (Fsp3) is 0.167. The molecule has 0 radical (unpaired) electrons. The van der Waals surface area contributed by atoms with Crippen LogP contribution in [0.2, 0.25) is 0 Å². The predicted octanol–water partition coefficient (Wildman–Crippen LogP) is 3.62. The van der Waals surface area contributed by atoms with Gasteiger partial charge in [0.2, 0.25) is 5.91 Å². The lowest BCUT2D eigenvalue weighted by Gasteiger charge is -2.25. The Labute approximate surface area is 132 Å². The van der Waals surface area contributed by atoms with Crippen LogP contribution in [-0.4, -0.2) is 18.1 Å². The van der Waals surface area contributed by atoms with Crippen LogP contribution in [0.4, 0.5) is 5.69 Å². The number of furan rings is 1. The molecule has 1 aliphatic rings. The van der Waals surface area contributed by atoms with E-state index in [4.69, 9.17) is 9.15 Å². The maximum absolute atomic E-state index is 12.1. The van der Waals surface area contributed by atoms with Gasteiger partial charge in [0.1, 0.15) is 11.3 Å². The number of hydrogen-bond acceptors (Lipinski definition) is 4. The number of phenols is 1. The molecule has 0 bridgehead atoms. The number of rotatable bonds is 2. The van der Waals surface area contributed by atoms with Gasteiger partial charge in [-0.05, 0) is 23.8 Å². The molecule has 1 aromatic heterocycles. The van der Waals surface area contributed by atoms with E-state index in [1.54, 1.807) is 12.1 Å². The van der Waals surface area contributed by atoms with Gasteiger partial charge in [-0.15, -0.1) is 0 Å². The first kappa shape index (κ1) is 13.7. The third-order valence-electron chi connectivity index (χ3n) is 4.18. The number of carbonyl (C=O) groups is 1. The van der Waals surface area contributed by atoms with Crippen molar-refractivity contribution in [1.82, 2.24) is 0 Å². The maximum atomic E-state index is 12.1. The molecule has 0 saturated carbocycles. The number of fused-ring (bicyclic) bond motifs is 2. The van der Waals surface area contributed by atoms with Crippen molar-refractivity contribution in [3.63, 3.8) is 0 Å². The minimum absolute atomic E-state index is 0.0449. The van der Waals surface area contributed by atoms with Crippen LogP contribution >= 0.6 is 0 Å². The van der Waals surface area contributed by atoms with Crippen molar-refractivity contribution in [2.24, 2.45) is 0 Å². The second-order valence-electron chi connectivity index (χ2n) is 5.60. The van der Waals surface area contributed by atoms with Gasteiger partial charge in [-0.1, -0.05) is 18.2 Å². The molecular weight excluding hydrogens is 294 g/mol. The molecule has 4 rings (SSSR count). The topological polar surface area (TPSA) is 71.7 Å². The second-order valence-corrected chi connectivity index (χ2v) is 5.60. The highest BCUT2D eigenvalue weighted by atomic mass is 16.5. The predicted molar refractivity (Wildman–Crippen MR) is 86.0 cm³/mol. The number of amides is 1. The van der Waals surface area contributed by atoms with E-state index < -0.39 is 0 Å².